The average molecular weight is 332 g/mol. The molecule has 0 bridgehead atoms. The van der Waals surface area contributed by atoms with Crippen LogP contribution in [0.2, 0.25) is 0 Å². The van der Waals surface area contributed by atoms with Crippen LogP contribution in [-0.2, 0) is 9.59 Å². The van der Waals surface area contributed by atoms with Gasteiger partial charge in [-0.25, -0.2) is 0 Å². The van der Waals surface area contributed by atoms with Crippen LogP contribution >= 0.6 is 0 Å². The van der Waals surface area contributed by atoms with Gasteiger partial charge in [-0.15, -0.1) is 0 Å². The van der Waals surface area contributed by atoms with Crippen molar-refractivity contribution in [1.82, 2.24) is 5.32 Å². The minimum atomic E-state index is -0.239. The molecule has 1 saturated carbocycles. The van der Waals surface area contributed by atoms with Gasteiger partial charge in [0.1, 0.15) is 13.2 Å². The maximum atomic E-state index is 12.3. The van der Waals surface area contributed by atoms with E-state index in [2.05, 4.69) is 24.5 Å². The van der Waals surface area contributed by atoms with Gasteiger partial charge in [-0.2, -0.15) is 0 Å². The van der Waals surface area contributed by atoms with Gasteiger partial charge in [0.25, 0.3) is 0 Å². The van der Waals surface area contributed by atoms with E-state index in [9.17, 15) is 9.59 Å². The van der Waals surface area contributed by atoms with Gasteiger partial charge in [0.15, 0.2) is 11.5 Å². The molecule has 0 aromatic heterocycles. The van der Waals surface area contributed by atoms with Gasteiger partial charge < -0.3 is 20.1 Å². The first-order valence-electron chi connectivity index (χ1n) is 8.53. The first-order chi connectivity index (χ1) is 11.5. The maximum Gasteiger partial charge on any atom is 0.228 e. The van der Waals surface area contributed by atoms with Crippen LogP contribution < -0.4 is 20.1 Å². The zero-order valence-corrected chi connectivity index (χ0v) is 14.1. The Balaban J connectivity index is 1.49. The fourth-order valence-electron chi connectivity index (χ4n) is 2.75. The van der Waals surface area contributed by atoms with Gasteiger partial charge in [-0.1, -0.05) is 13.8 Å². The topological polar surface area (TPSA) is 76.7 Å². The van der Waals surface area contributed by atoms with E-state index in [-0.39, 0.29) is 23.7 Å². The molecule has 2 N–H and O–H groups in total. The normalized spacial score (nSPS) is 21.3. The van der Waals surface area contributed by atoms with E-state index in [1.807, 2.05) is 0 Å². The lowest BCUT2D eigenvalue weighted by Crippen LogP contribution is -2.28. The Hall–Kier alpha value is -2.24. The summed E-state index contributed by atoms with van der Waals surface area (Å²) in [5, 5.41) is 5.77. The van der Waals surface area contributed by atoms with Crippen molar-refractivity contribution < 1.29 is 19.1 Å². The van der Waals surface area contributed by atoms with Crippen molar-refractivity contribution in [3.63, 3.8) is 0 Å². The number of anilines is 1. The molecule has 0 radical (unpaired) electrons. The monoisotopic (exact) mass is 332 g/mol. The summed E-state index contributed by atoms with van der Waals surface area (Å²) in [6.45, 7) is 5.95. The molecule has 6 heteroatoms. The van der Waals surface area contributed by atoms with Crippen LogP contribution in [-0.4, -0.2) is 31.6 Å². The number of nitrogens with one attached hydrogen (secondary N) is 2. The smallest absolute Gasteiger partial charge is 0.228 e. The fraction of sp³-hybridized carbons (Fsp3) is 0.556. The summed E-state index contributed by atoms with van der Waals surface area (Å²) in [6.07, 6.45) is 1.57. The van der Waals surface area contributed by atoms with Crippen molar-refractivity contribution in [2.45, 2.75) is 26.7 Å². The molecule has 1 aromatic carbocycles. The molecule has 1 fully saturated rings. The zero-order valence-electron chi connectivity index (χ0n) is 14.1. The third kappa shape index (κ3) is 3.99. The molecule has 1 aromatic rings. The number of fused-ring (bicyclic) bond motifs is 1. The molecule has 2 aliphatic rings. The predicted octanol–water partition coefficient (Wildman–Crippen LogP) is 2.19. The molecular formula is C18H24N2O4. The van der Waals surface area contributed by atoms with Gasteiger partial charge in [-0.3, -0.25) is 9.59 Å². The Labute approximate surface area is 141 Å². The molecule has 1 aliphatic heterocycles. The van der Waals surface area contributed by atoms with E-state index in [0.29, 0.717) is 49.3 Å². The van der Waals surface area contributed by atoms with Crippen LogP contribution in [0.3, 0.4) is 0 Å². The summed E-state index contributed by atoms with van der Waals surface area (Å²) in [5.74, 6) is 1.31. The molecule has 0 saturated heterocycles. The Kier molecular flexibility index (Phi) is 4.92. The van der Waals surface area contributed by atoms with Crippen LogP contribution in [0.15, 0.2) is 18.2 Å². The number of rotatable bonds is 6. The van der Waals surface area contributed by atoms with Crippen LogP contribution in [0.1, 0.15) is 26.7 Å². The number of carbonyl (C=O) groups excluding carboxylic acids is 2. The quantitative estimate of drug-likeness (QED) is 0.837. The highest BCUT2D eigenvalue weighted by Crippen LogP contribution is 2.40. The Morgan fingerprint density at radius 3 is 2.58 bits per heavy atom. The van der Waals surface area contributed by atoms with Crippen molar-refractivity contribution in [2.75, 3.05) is 25.1 Å². The van der Waals surface area contributed by atoms with Crippen LogP contribution in [0, 0.1) is 17.8 Å². The lowest BCUT2D eigenvalue weighted by atomic mass is 10.1. The lowest BCUT2D eigenvalue weighted by molar-refractivity contribution is -0.125. The summed E-state index contributed by atoms with van der Waals surface area (Å²) >= 11 is 0. The molecule has 3 rings (SSSR count). The molecule has 2 unspecified atom stereocenters. The van der Waals surface area contributed by atoms with E-state index in [0.717, 1.165) is 6.42 Å². The van der Waals surface area contributed by atoms with Gasteiger partial charge in [0, 0.05) is 18.3 Å². The molecular weight excluding hydrogens is 308 g/mol. The highest BCUT2D eigenvalue weighted by molar-refractivity contribution is 5.99. The van der Waals surface area contributed by atoms with Gasteiger partial charge in [-0.05, 0) is 30.9 Å². The molecule has 24 heavy (non-hydrogen) atoms. The van der Waals surface area contributed by atoms with Crippen LogP contribution in [0.5, 0.6) is 11.5 Å². The minimum Gasteiger partial charge on any atom is -0.486 e. The molecule has 1 heterocycles. The number of hydrogen-bond acceptors (Lipinski definition) is 4. The van der Waals surface area contributed by atoms with Gasteiger partial charge >= 0.3 is 0 Å². The Morgan fingerprint density at radius 1 is 1.12 bits per heavy atom. The highest BCUT2D eigenvalue weighted by atomic mass is 16.6. The zero-order chi connectivity index (χ0) is 17.1. The summed E-state index contributed by atoms with van der Waals surface area (Å²) in [5.41, 5.74) is 0.662. The highest BCUT2D eigenvalue weighted by Gasteiger charge is 2.47. The second-order valence-electron chi connectivity index (χ2n) is 6.77. The summed E-state index contributed by atoms with van der Waals surface area (Å²) in [6, 6.07) is 5.32. The Bertz CT molecular complexity index is 629. The predicted molar refractivity (Wildman–Crippen MR) is 90.1 cm³/mol. The fourth-order valence-corrected chi connectivity index (χ4v) is 2.75. The standard InChI is InChI=1S/C18H24N2O4/c1-11(2)5-6-19-17(21)13-10-14(13)18(22)20-12-3-4-15-16(9-12)24-8-7-23-15/h3-4,9,11,13-14H,5-8,10H2,1-2H3,(H,19,21)(H,20,22). The van der Waals surface area contributed by atoms with Crippen molar-refractivity contribution in [3.05, 3.63) is 18.2 Å². The van der Waals surface area contributed by atoms with E-state index >= 15 is 0 Å². The number of hydrogen-bond donors (Lipinski definition) is 2. The second-order valence-corrected chi connectivity index (χ2v) is 6.77. The molecule has 2 atom stereocenters. The first-order valence-corrected chi connectivity index (χ1v) is 8.53. The average Bonchev–Trinajstić information content (AvgIpc) is 3.35. The SMILES string of the molecule is CC(C)CCNC(=O)C1CC1C(=O)Nc1ccc2c(c1)OCCO2. The van der Waals surface area contributed by atoms with E-state index in [1.54, 1.807) is 18.2 Å². The van der Waals surface area contributed by atoms with Crippen molar-refractivity contribution in [3.8, 4) is 11.5 Å². The molecule has 1 aliphatic carbocycles. The molecule has 130 valence electrons. The lowest BCUT2D eigenvalue weighted by Gasteiger charge is -2.19. The molecule has 6 nitrogen and oxygen atoms in total. The summed E-state index contributed by atoms with van der Waals surface area (Å²) < 4.78 is 11.0. The summed E-state index contributed by atoms with van der Waals surface area (Å²) in [4.78, 5) is 24.3. The van der Waals surface area contributed by atoms with Crippen molar-refractivity contribution in [2.24, 2.45) is 17.8 Å². The van der Waals surface area contributed by atoms with Crippen LogP contribution in [0.25, 0.3) is 0 Å². The minimum absolute atomic E-state index is 0.0158. The maximum absolute atomic E-state index is 12.3. The van der Waals surface area contributed by atoms with Crippen LogP contribution in [0.4, 0.5) is 5.69 Å². The van der Waals surface area contributed by atoms with Crippen molar-refractivity contribution in [1.29, 1.82) is 0 Å². The van der Waals surface area contributed by atoms with E-state index in [4.69, 9.17) is 9.47 Å². The third-order valence-electron chi connectivity index (χ3n) is 4.29. The third-order valence-corrected chi connectivity index (χ3v) is 4.29. The number of ether oxygens (including phenoxy) is 2. The number of benzene rings is 1. The second kappa shape index (κ2) is 7.11. The largest absolute Gasteiger partial charge is 0.486 e. The van der Waals surface area contributed by atoms with Gasteiger partial charge in [0.2, 0.25) is 11.8 Å². The first kappa shape index (κ1) is 16.6. The molecule has 0 spiro atoms. The molecule has 2 amide bonds. The number of carbonyl (C=O) groups is 2. The Morgan fingerprint density at radius 2 is 1.83 bits per heavy atom. The van der Waals surface area contributed by atoms with Crippen molar-refractivity contribution >= 4 is 17.5 Å². The van der Waals surface area contributed by atoms with E-state index in [1.165, 1.54) is 0 Å². The van der Waals surface area contributed by atoms with Gasteiger partial charge in [0.05, 0.1) is 11.8 Å². The number of amides is 2. The van der Waals surface area contributed by atoms with E-state index < -0.39 is 0 Å². The summed E-state index contributed by atoms with van der Waals surface area (Å²) in [7, 11) is 0.